The average Bonchev–Trinajstić information content (AvgIpc) is 2.87. The predicted octanol–water partition coefficient (Wildman–Crippen LogP) is 1.48. The molecule has 1 spiro atoms. The average molecular weight is 275 g/mol. The van der Waals surface area contributed by atoms with Crippen molar-refractivity contribution in [2.45, 2.75) is 24.7 Å². The Kier molecular flexibility index (Phi) is 3.50. The summed E-state index contributed by atoms with van der Waals surface area (Å²) >= 11 is 0. The predicted molar refractivity (Wildman–Crippen MR) is 76.7 cm³/mol. The van der Waals surface area contributed by atoms with E-state index in [0.717, 1.165) is 37.1 Å². The Morgan fingerprint density at radius 3 is 2.55 bits per heavy atom. The lowest BCUT2D eigenvalue weighted by molar-refractivity contribution is -0.108. The van der Waals surface area contributed by atoms with Crippen LogP contribution in [0.5, 0.6) is 0 Å². The quantitative estimate of drug-likeness (QED) is 0.633. The first kappa shape index (κ1) is 13.5. The number of rotatable bonds is 2. The van der Waals surface area contributed by atoms with Gasteiger partial charge in [0.15, 0.2) is 6.29 Å². The molecule has 2 aliphatic rings. The van der Waals surface area contributed by atoms with Crippen molar-refractivity contribution in [2.24, 2.45) is 5.73 Å². The van der Waals surface area contributed by atoms with Crippen LogP contribution in [0.1, 0.15) is 30.3 Å². The van der Waals surface area contributed by atoms with E-state index in [0.29, 0.717) is 6.61 Å². The van der Waals surface area contributed by atoms with Crippen molar-refractivity contribution in [3.05, 3.63) is 35.4 Å². The van der Waals surface area contributed by atoms with E-state index in [9.17, 15) is 0 Å². The van der Waals surface area contributed by atoms with E-state index in [2.05, 4.69) is 11.9 Å². The third-order valence-corrected chi connectivity index (χ3v) is 4.25. The molecule has 0 bridgehead atoms. The van der Waals surface area contributed by atoms with E-state index >= 15 is 0 Å². The summed E-state index contributed by atoms with van der Waals surface area (Å²) in [5.41, 5.74) is 7.06. The Hall–Kier alpha value is -1.43. The van der Waals surface area contributed by atoms with Gasteiger partial charge in [0.25, 0.3) is 0 Å². The maximum Gasteiger partial charge on any atom is 0.184 e. The van der Waals surface area contributed by atoms with Crippen molar-refractivity contribution in [1.82, 2.24) is 4.90 Å². The second kappa shape index (κ2) is 5.16. The fourth-order valence-corrected chi connectivity index (χ4v) is 2.79. The van der Waals surface area contributed by atoms with Gasteiger partial charge in [-0.05, 0) is 19.9 Å². The number of hydrogen-bond donors (Lipinski definition) is 2. The lowest BCUT2D eigenvalue weighted by Crippen LogP contribution is -2.44. The van der Waals surface area contributed by atoms with Gasteiger partial charge in [-0.1, -0.05) is 24.3 Å². The van der Waals surface area contributed by atoms with Crippen LogP contribution in [0.2, 0.25) is 0 Å². The first-order chi connectivity index (χ1) is 9.58. The van der Waals surface area contributed by atoms with Crippen molar-refractivity contribution >= 4 is 5.84 Å². The van der Waals surface area contributed by atoms with Crippen LogP contribution < -0.4 is 5.73 Å². The lowest BCUT2D eigenvalue weighted by Gasteiger charge is -2.35. The van der Waals surface area contributed by atoms with Gasteiger partial charge in [0, 0.05) is 24.2 Å². The minimum atomic E-state index is -0.292. The molecule has 1 aromatic carbocycles. The molecular formula is C15H21N3O2. The summed E-state index contributed by atoms with van der Waals surface area (Å²) in [7, 11) is 2.14. The molecule has 1 aromatic rings. The van der Waals surface area contributed by atoms with Crippen molar-refractivity contribution in [2.75, 3.05) is 26.7 Å². The van der Waals surface area contributed by atoms with Crippen molar-refractivity contribution in [3.8, 4) is 0 Å². The molecule has 20 heavy (non-hydrogen) atoms. The zero-order chi connectivity index (χ0) is 14.2. The van der Waals surface area contributed by atoms with Crippen LogP contribution in [0.15, 0.2) is 24.3 Å². The zero-order valence-electron chi connectivity index (χ0n) is 11.8. The molecule has 0 amide bonds. The summed E-state index contributed by atoms with van der Waals surface area (Å²) in [6.07, 6.45) is 1.75. The second-order valence-corrected chi connectivity index (χ2v) is 5.78. The number of hydrogen-bond acceptors (Lipinski definition) is 4. The number of nitrogen functional groups attached to an aromatic ring is 1. The molecular weight excluding hydrogens is 254 g/mol. The molecule has 1 unspecified atom stereocenters. The number of nitrogens with one attached hydrogen (secondary N) is 1. The first-order valence-electron chi connectivity index (χ1n) is 7.00. The van der Waals surface area contributed by atoms with Gasteiger partial charge in [-0.3, -0.25) is 5.41 Å². The Bertz CT molecular complexity index is 492. The van der Waals surface area contributed by atoms with E-state index in [1.54, 1.807) is 0 Å². The van der Waals surface area contributed by atoms with Gasteiger partial charge in [-0.25, -0.2) is 0 Å². The molecule has 0 radical (unpaired) electrons. The monoisotopic (exact) mass is 275 g/mol. The Morgan fingerprint density at radius 2 is 1.95 bits per heavy atom. The number of benzene rings is 1. The molecule has 2 aliphatic heterocycles. The fraction of sp³-hybridized carbons (Fsp3) is 0.533. The summed E-state index contributed by atoms with van der Waals surface area (Å²) in [6, 6.07) is 7.53. The SMILES string of the molecule is CN1CCC2(CC1)COC(c1ccc(C(=N)N)cc1)O2. The van der Waals surface area contributed by atoms with Crippen molar-refractivity contribution in [3.63, 3.8) is 0 Å². The highest BCUT2D eigenvalue weighted by molar-refractivity contribution is 5.94. The highest BCUT2D eigenvalue weighted by Gasteiger charge is 2.43. The highest BCUT2D eigenvalue weighted by Crippen LogP contribution is 2.39. The molecule has 5 heteroatoms. The minimum Gasteiger partial charge on any atom is -0.384 e. The molecule has 3 rings (SSSR count). The maximum absolute atomic E-state index is 7.40. The van der Waals surface area contributed by atoms with Gasteiger partial charge >= 0.3 is 0 Å². The molecule has 0 saturated carbocycles. The summed E-state index contributed by atoms with van der Waals surface area (Å²) in [5.74, 6) is 0.0802. The molecule has 5 nitrogen and oxygen atoms in total. The zero-order valence-corrected chi connectivity index (χ0v) is 11.8. The smallest absolute Gasteiger partial charge is 0.184 e. The van der Waals surface area contributed by atoms with Crippen molar-refractivity contribution < 1.29 is 9.47 Å². The molecule has 2 heterocycles. The van der Waals surface area contributed by atoms with Gasteiger partial charge in [-0.2, -0.15) is 0 Å². The third-order valence-electron chi connectivity index (χ3n) is 4.25. The lowest BCUT2D eigenvalue weighted by atomic mass is 9.93. The first-order valence-corrected chi connectivity index (χ1v) is 7.00. The van der Waals surface area contributed by atoms with Crippen LogP contribution in [-0.4, -0.2) is 43.1 Å². The van der Waals surface area contributed by atoms with Crippen LogP contribution in [0.25, 0.3) is 0 Å². The summed E-state index contributed by atoms with van der Waals surface area (Å²) in [6.45, 7) is 2.78. The fourth-order valence-electron chi connectivity index (χ4n) is 2.79. The number of nitrogens with zero attached hydrogens (tertiary/aromatic N) is 1. The number of nitrogens with two attached hydrogens (primary N) is 1. The minimum absolute atomic E-state index is 0.0802. The van der Waals surface area contributed by atoms with Gasteiger partial charge in [0.1, 0.15) is 5.84 Å². The topological polar surface area (TPSA) is 71.6 Å². The third kappa shape index (κ3) is 2.57. The number of ether oxygens (including phenoxy) is 2. The second-order valence-electron chi connectivity index (χ2n) is 5.78. The molecule has 108 valence electrons. The van der Waals surface area contributed by atoms with Crippen LogP contribution in [0.4, 0.5) is 0 Å². The van der Waals surface area contributed by atoms with Gasteiger partial charge in [-0.15, -0.1) is 0 Å². The normalized spacial score (nSPS) is 25.9. The maximum atomic E-state index is 7.40. The Balaban J connectivity index is 1.69. The molecule has 3 N–H and O–H groups in total. The van der Waals surface area contributed by atoms with E-state index in [-0.39, 0.29) is 17.7 Å². The molecule has 2 fully saturated rings. The van der Waals surface area contributed by atoms with Gasteiger partial charge < -0.3 is 20.1 Å². The van der Waals surface area contributed by atoms with E-state index in [1.165, 1.54) is 0 Å². The van der Waals surface area contributed by atoms with E-state index in [1.807, 2.05) is 24.3 Å². The highest BCUT2D eigenvalue weighted by atomic mass is 16.7. The van der Waals surface area contributed by atoms with Crippen LogP contribution >= 0.6 is 0 Å². The number of likely N-dealkylation sites (tertiary alicyclic amines) is 1. The van der Waals surface area contributed by atoms with Gasteiger partial charge in [0.2, 0.25) is 0 Å². The van der Waals surface area contributed by atoms with Gasteiger partial charge in [0.05, 0.1) is 12.2 Å². The molecule has 1 atom stereocenters. The summed E-state index contributed by atoms with van der Waals surface area (Å²) < 4.78 is 12.0. The molecule has 0 aromatic heterocycles. The van der Waals surface area contributed by atoms with E-state index < -0.39 is 0 Å². The summed E-state index contributed by atoms with van der Waals surface area (Å²) in [5, 5.41) is 7.40. The van der Waals surface area contributed by atoms with Crippen LogP contribution in [-0.2, 0) is 9.47 Å². The standard InChI is InChI=1S/C15H21N3O2/c1-18-8-6-15(7-9-18)10-19-14(20-15)12-4-2-11(3-5-12)13(16)17/h2-5,14H,6-10H2,1H3,(H3,16,17). The van der Waals surface area contributed by atoms with Crippen LogP contribution in [0.3, 0.4) is 0 Å². The molecule has 0 aliphatic carbocycles. The number of piperidine rings is 1. The Labute approximate surface area is 119 Å². The van der Waals surface area contributed by atoms with Crippen molar-refractivity contribution in [1.29, 1.82) is 5.41 Å². The number of amidine groups is 1. The largest absolute Gasteiger partial charge is 0.384 e. The summed E-state index contributed by atoms with van der Waals surface area (Å²) in [4.78, 5) is 2.32. The Morgan fingerprint density at radius 1 is 1.30 bits per heavy atom. The van der Waals surface area contributed by atoms with Crippen LogP contribution in [0, 0.1) is 5.41 Å². The molecule has 2 saturated heterocycles. The van der Waals surface area contributed by atoms with E-state index in [4.69, 9.17) is 20.6 Å².